The van der Waals surface area contributed by atoms with Gasteiger partial charge in [-0.2, -0.15) is 18.3 Å². The summed E-state index contributed by atoms with van der Waals surface area (Å²) in [6.45, 7) is 5.10. The van der Waals surface area contributed by atoms with Gasteiger partial charge in [0.1, 0.15) is 5.69 Å². The minimum absolute atomic E-state index is 0.336. The number of hydrogen-bond donors (Lipinski definition) is 0. The summed E-state index contributed by atoms with van der Waals surface area (Å²) in [5.74, 6) is 0. The Kier molecular flexibility index (Phi) is 3.16. The maximum absolute atomic E-state index is 13.0. The van der Waals surface area contributed by atoms with Gasteiger partial charge in [-0.15, -0.1) is 0 Å². The van der Waals surface area contributed by atoms with E-state index in [1.54, 1.807) is 45.0 Å². The zero-order valence-corrected chi connectivity index (χ0v) is 11.0. The molecule has 0 aliphatic rings. The van der Waals surface area contributed by atoms with E-state index >= 15 is 0 Å². The van der Waals surface area contributed by atoms with Crippen LogP contribution in [0.25, 0.3) is 11.3 Å². The van der Waals surface area contributed by atoms with Crippen molar-refractivity contribution in [1.29, 1.82) is 0 Å². The molecule has 0 aliphatic heterocycles. The van der Waals surface area contributed by atoms with Crippen molar-refractivity contribution in [3.05, 3.63) is 42.1 Å². The molecule has 1 aromatic heterocycles. The zero-order valence-electron chi connectivity index (χ0n) is 11.0. The monoisotopic (exact) mass is 268 g/mol. The minimum atomic E-state index is -4.41. The van der Waals surface area contributed by atoms with Crippen LogP contribution >= 0.6 is 0 Å². The van der Waals surface area contributed by atoms with Gasteiger partial charge >= 0.3 is 6.18 Å². The van der Waals surface area contributed by atoms with Crippen molar-refractivity contribution >= 4 is 0 Å². The van der Waals surface area contributed by atoms with Gasteiger partial charge in [0.2, 0.25) is 0 Å². The lowest BCUT2D eigenvalue weighted by molar-refractivity contribution is -0.146. The predicted molar refractivity (Wildman–Crippen MR) is 67.7 cm³/mol. The van der Waals surface area contributed by atoms with E-state index in [1.165, 1.54) is 0 Å². The molecule has 0 aliphatic carbocycles. The SMILES string of the molecule is CC(C)(C)n1nc(-c2ccccc2)cc1C(F)(F)F. The van der Waals surface area contributed by atoms with Gasteiger partial charge in [0.25, 0.3) is 0 Å². The van der Waals surface area contributed by atoms with E-state index in [0.29, 0.717) is 11.3 Å². The smallest absolute Gasteiger partial charge is 0.255 e. The summed E-state index contributed by atoms with van der Waals surface area (Å²) in [6.07, 6.45) is -4.41. The minimum Gasteiger partial charge on any atom is -0.255 e. The normalized spacial score (nSPS) is 12.7. The van der Waals surface area contributed by atoms with Gasteiger partial charge < -0.3 is 0 Å². The first-order valence-electron chi connectivity index (χ1n) is 5.93. The van der Waals surface area contributed by atoms with Crippen molar-refractivity contribution in [3.63, 3.8) is 0 Å². The highest BCUT2D eigenvalue weighted by molar-refractivity contribution is 5.59. The van der Waals surface area contributed by atoms with Crippen LogP contribution in [-0.4, -0.2) is 9.78 Å². The fraction of sp³-hybridized carbons (Fsp3) is 0.357. The fourth-order valence-electron chi connectivity index (χ4n) is 1.84. The molecule has 2 aromatic rings. The lowest BCUT2D eigenvalue weighted by Crippen LogP contribution is -2.28. The first-order chi connectivity index (χ1) is 8.69. The van der Waals surface area contributed by atoms with Crippen LogP contribution in [-0.2, 0) is 11.7 Å². The van der Waals surface area contributed by atoms with Crippen LogP contribution in [0.1, 0.15) is 26.5 Å². The summed E-state index contributed by atoms with van der Waals surface area (Å²) in [5.41, 5.74) is -0.435. The highest BCUT2D eigenvalue weighted by Crippen LogP contribution is 2.35. The molecule has 0 saturated heterocycles. The Morgan fingerprint density at radius 3 is 2.00 bits per heavy atom. The molecule has 0 fully saturated rings. The molecule has 0 atom stereocenters. The second kappa shape index (κ2) is 4.40. The van der Waals surface area contributed by atoms with E-state index in [4.69, 9.17) is 0 Å². The average Bonchev–Trinajstić information content (AvgIpc) is 2.74. The van der Waals surface area contributed by atoms with Crippen LogP contribution in [0.4, 0.5) is 13.2 Å². The molecule has 2 rings (SSSR count). The molecule has 5 heteroatoms. The van der Waals surface area contributed by atoms with Gasteiger partial charge in [-0.25, -0.2) is 0 Å². The van der Waals surface area contributed by atoms with Crippen molar-refractivity contribution in [3.8, 4) is 11.3 Å². The van der Waals surface area contributed by atoms with E-state index in [-0.39, 0.29) is 0 Å². The second-order valence-corrected chi connectivity index (χ2v) is 5.36. The Morgan fingerprint density at radius 2 is 1.58 bits per heavy atom. The molecule has 1 heterocycles. The maximum atomic E-state index is 13.0. The molecule has 0 bridgehead atoms. The number of halogens is 3. The van der Waals surface area contributed by atoms with Gasteiger partial charge in [0.05, 0.1) is 11.2 Å². The summed E-state index contributed by atoms with van der Waals surface area (Å²) >= 11 is 0. The third kappa shape index (κ3) is 2.80. The lowest BCUT2D eigenvalue weighted by Gasteiger charge is -2.23. The quantitative estimate of drug-likeness (QED) is 0.753. The Balaban J connectivity index is 2.59. The topological polar surface area (TPSA) is 17.8 Å². The first-order valence-corrected chi connectivity index (χ1v) is 5.93. The molecular formula is C14H15F3N2. The van der Waals surface area contributed by atoms with E-state index in [9.17, 15) is 13.2 Å². The van der Waals surface area contributed by atoms with Gasteiger partial charge in [-0.1, -0.05) is 30.3 Å². The van der Waals surface area contributed by atoms with Crippen LogP contribution in [0.15, 0.2) is 36.4 Å². The van der Waals surface area contributed by atoms with Gasteiger partial charge in [-0.3, -0.25) is 4.68 Å². The van der Waals surface area contributed by atoms with Crippen molar-refractivity contribution in [1.82, 2.24) is 9.78 Å². The highest BCUT2D eigenvalue weighted by atomic mass is 19.4. The van der Waals surface area contributed by atoms with Crippen LogP contribution in [0.3, 0.4) is 0 Å². The summed E-state index contributed by atoms with van der Waals surface area (Å²) < 4.78 is 40.2. The molecule has 2 nitrogen and oxygen atoms in total. The number of rotatable bonds is 1. The number of nitrogens with zero attached hydrogens (tertiary/aromatic N) is 2. The number of alkyl halides is 3. The van der Waals surface area contributed by atoms with Gasteiger partial charge in [0.15, 0.2) is 0 Å². The standard InChI is InChI=1S/C14H15F3N2/c1-13(2,3)19-12(14(15,16)17)9-11(18-19)10-7-5-4-6-8-10/h4-9H,1-3H3. The molecule has 19 heavy (non-hydrogen) atoms. The van der Waals surface area contributed by atoms with E-state index in [0.717, 1.165) is 10.7 Å². The molecule has 0 amide bonds. The summed E-state index contributed by atoms with van der Waals surface area (Å²) in [6, 6.07) is 9.96. The summed E-state index contributed by atoms with van der Waals surface area (Å²) in [7, 11) is 0. The van der Waals surface area contributed by atoms with Gasteiger partial charge in [-0.05, 0) is 26.8 Å². The molecule has 102 valence electrons. The highest BCUT2D eigenvalue weighted by Gasteiger charge is 2.38. The van der Waals surface area contributed by atoms with E-state index < -0.39 is 17.4 Å². The van der Waals surface area contributed by atoms with Crippen molar-refractivity contribution in [2.24, 2.45) is 0 Å². The van der Waals surface area contributed by atoms with Crippen LogP contribution < -0.4 is 0 Å². The lowest BCUT2D eigenvalue weighted by atomic mass is 10.1. The van der Waals surface area contributed by atoms with Crippen LogP contribution in [0, 0.1) is 0 Å². The number of hydrogen-bond acceptors (Lipinski definition) is 1. The molecule has 0 radical (unpaired) electrons. The second-order valence-electron chi connectivity index (χ2n) is 5.36. The predicted octanol–water partition coefficient (Wildman–Crippen LogP) is 4.32. The number of aromatic nitrogens is 2. The Morgan fingerprint density at radius 1 is 1.00 bits per heavy atom. The summed E-state index contributed by atoms with van der Waals surface area (Å²) in [4.78, 5) is 0. The maximum Gasteiger partial charge on any atom is 0.433 e. The van der Waals surface area contributed by atoms with Crippen LogP contribution in [0.2, 0.25) is 0 Å². The summed E-state index contributed by atoms with van der Waals surface area (Å²) in [5, 5.41) is 4.11. The third-order valence-electron chi connectivity index (χ3n) is 2.70. The first kappa shape index (κ1) is 13.6. The van der Waals surface area contributed by atoms with Crippen molar-refractivity contribution in [2.45, 2.75) is 32.5 Å². The largest absolute Gasteiger partial charge is 0.433 e. The van der Waals surface area contributed by atoms with Crippen molar-refractivity contribution < 1.29 is 13.2 Å². The Labute approximate surface area is 109 Å². The number of benzene rings is 1. The van der Waals surface area contributed by atoms with Crippen molar-refractivity contribution in [2.75, 3.05) is 0 Å². The third-order valence-corrected chi connectivity index (χ3v) is 2.70. The van der Waals surface area contributed by atoms with Gasteiger partial charge in [0, 0.05) is 5.56 Å². The molecular weight excluding hydrogens is 253 g/mol. The zero-order chi connectivity index (χ0) is 14.3. The fourth-order valence-corrected chi connectivity index (χ4v) is 1.84. The molecule has 0 N–H and O–H groups in total. The molecule has 0 unspecified atom stereocenters. The van der Waals surface area contributed by atoms with E-state index in [1.807, 2.05) is 6.07 Å². The Hall–Kier alpha value is -1.78. The molecule has 0 saturated carbocycles. The Bertz CT molecular complexity index is 531. The van der Waals surface area contributed by atoms with Crippen LogP contribution in [0.5, 0.6) is 0 Å². The average molecular weight is 268 g/mol. The molecule has 1 aromatic carbocycles. The van der Waals surface area contributed by atoms with E-state index in [2.05, 4.69) is 5.10 Å². The molecule has 0 spiro atoms.